The topological polar surface area (TPSA) is 84.9 Å². The summed E-state index contributed by atoms with van der Waals surface area (Å²) < 4.78 is 44.6. The number of allylic oxidation sites excluding steroid dienone is 4. The van der Waals surface area contributed by atoms with Gasteiger partial charge in [-0.3, -0.25) is 9.59 Å². The highest BCUT2D eigenvalue weighted by Gasteiger charge is 2.79. The van der Waals surface area contributed by atoms with E-state index in [1.54, 1.807) is 13.0 Å². The molecule has 2 aromatic rings. The molecule has 2 N–H and O–H groups in total. The number of halogens is 2. The number of aliphatic hydroxyl groups excluding tert-OH is 1. The number of anilines is 1. The van der Waals surface area contributed by atoms with E-state index in [-0.39, 0.29) is 18.1 Å². The van der Waals surface area contributed by atoms with E-state index in [1.165, 1.54) is 17.7 Å². The summed E-state index contributed by atoms with van der Waals surface area (Å²) in [7, 11) is 1.89. The fourth-order valence-corrected chi connectivity index (χ4v) is 10.2. The maximum Gasteiger partial charge on any atom is 0.226 e. The summed E-state index contributed by atoms with van der Waals surface area (Å²) in [5.41, 5.74) is -1.01. The fourth-order valence-electron chi connectivity index (χ4n) is 9.47. The zero-order chi connectivity index (χ0) is 31.8. The van der Waals surface area contributed by atoms with Gasteiger partial charge in [-0.25, -0.2) is 8.78 Å². The monoisotopic (exact) mass is 635 g/mol. The number of nitrogens with one attached hydrogen (secondary N) is 1. The molecule has 1 saturated heterocycles. The molecule has 5 aliphatic rings. The zero-order valence-corrected chi connectivity index (χ0v) is 26.5. The third-order valence-electron chi connectivity index (χ3n) is 11.7. The van der Waals surface area contributed by atoms with Gasteiger partial charge in [-0.15, -0.1) is 0 Å². The number of hydrogen-bond acceptors (Lipinski definition) is 7. The molecule has 0 radical (unpaired) electrons. The van der Waals surface area contributed by atoms with Gasteiger partial charge in [-0.05, 0) is 80.4 Å². The summed E-state index contributed by atoms with van der Waals surface area (Å²) in [6.45, 7) is 3.65. The number of thioether (sulfide) groups is 1. The van der Waals surface area contributed by atoms with Gasteiger partial charge >= 0.3 is 0 Å². The minimum atomic E-state index is -2.05. The molecule has 1 aliphatic heterocycles. The van der Waals surface area contributed by atoms with Gasteiger partial charge < -0.3 is 19.9 Å². The summed E-state index contributed by atoms with van der Waals surface area (Å²) in [5, 5.41) is 14.4. The smallest absolute Gasteiger partial charge is 0.226 e. The maximum atomic E-state index is 17.6. The molecule has 9 heteroatoms. The minimum absolute atomic E-state index is 0.0505. The van der Waals surface area contributed by atoms with Crippen molar-refractivity contribution in [2.45, 2.75) is 75.7 Å². The van der Waals surface area contributed by atoms with E-state index in [4.69, 9.17) is 9.47 Å². The number of alkyl halides is 2. The van der Waals surface area contributed by atoms with Crippen LogP contribution < -0.4 is 5.32 Å². The Morgan fingerprint density at radius 1 is 1.13 bits per heavy atom. The first-order valence-corrected chi connectivity index (χ1v) is 16.7. The van der Waals surface area contributed by atoms with Crippen molar-refractivity contribution in [1.82, 2.24) is 0 Å². The van der Waals surface area contributed by atoms with E-state index in [2.05, 4.69) is 17.4 Å². The number of ketones is 1. The zero-order valence-electron chi connectivity index (χ0n) is 25.7. The molecule has 3 saturated carbocycles. The third kappa shape index (κ3) is 4.30. The van der Waals surface area contributed by atoms with Gasteiger partial charge in [0.05, 0.1) is 12.2 Å². The van der Waals surface area contributed by atoms with Crippen LogP contribution in [-0.2, 0) is 25.5 Å². The second-order valence-corrected chi connectivity index (χ2v) is 14.6. The second-order valence-electron chi connectivity index (χ2n) is 13.7. The van der Waals surface area contributed by atoms with Gasteiger partial charge in [-0.1, -0.05) is 66.7 Å². The SMILES string of the molecule is CNc1cccc(Cc2ccc([C@H]3O[C@@H]4C[C@H]5[C@@H]6CCC7=CC(=O)C=C[C@]7(C)[C@@]6(F)[C@@H](O)C[C@]5(C)[C@]4(C(=O)SCF)O3)cc2)c1. The summed E-state index contributed by atoms with van der Waals surface area (Å²) in [5.74, 6) is -1.14. The molecule has 0 amide bonds. The van der Waals surface area contributed by atoms with E-state index in [0.29, 0.717) is 36.6 Å². The fraction of sp³-hybridized carbons (Fsp3) is 0.500. The van der Waals surface area contributed by atoms with Crippen LogP contribution in [0.2, 0.25) is 0 Å². The Labute approximate surface area is 266 Å². The number of aliphatic hydroxyl groups is 1. The Morgan fingerprint density at radius 3 is 2.64 bits per heavy atom. The van der Waals surface area contributed by atoms with Crippen molar-refractivity contribution in [3.8, 4) is 0 Å². The normalized spacial score (nSPS) is 39.8. The Hall–Kier alpha value is -2.85. The van der Waals surface area contributed by atoms with E-state index in [1.807, 2.05) is 50.4 Å². The van der Waals surface area contributed by atoms with Gasteiger partial charge in [0.2, 0.25) is 5.12 Å². The molecule has 0 unspecified atom stereocenters. The summed E-state index contributed by atoms with van der Waals surface area (Å²) in [6, 6.07) is 15.2. The van der Waals surface area contributed by atoms with Gasteiger partial charge in [0.1, 0.15) is 6.01 Å². The molecule has 4 fully saturated rings. The van der Waals surface area contributed by atoms with E-state index in [0.717, 1.165) is 23.2 Å². The largest absolute Gasteiger partial charge is 0.390 e. The van der Waals surface area contributed by atoms with Crippen LogP contribution in [-0.4, -0.2) is 52.5 Å². The van der Waals surface area contributed by atoms with Crippen LogP contribution in [0.1, 0.15) is 62.5 Å². The van der Waals surface area contributed by atoms with Crippen LogP contribution in [0.3, 0.4) is 0 Å². The number of benzene rings is 2. The van der Waals surface area contributed by atoms with Crippen LogP contribution in [0.25, 0.3) is 0 Å². The molecule has 7 rings (SSSR count). The lowest BCUT2D eigenvalue weighted by Crippen LogP contribution is -2.69. The van der Waals surface area contributed by atoms with Gasteiger partial charge in [0.25, 0.3) is 0 Å². The Morgan fingerprint density at radius 2 is 1.91 bits per heavy atom. The van der Waals surface area contributed by atoms with Crippen molar-refractivity contribution in [2.75, 3.05) is 18.4 Å². The first kappa shape index (κ1) is 30.8. The summed E-state index contributed by atoms with van der Waals surface area (Å²) >= 11 is 0.552. The second kappa shape index (κ2) is 10.9. The molecular weight excluding hydrogens is 596 g/mol. The number of fused-ring (bicyclic) bond motifs is 7. The van der Waals surface area contributed by atoms with Crippen LogP contribution in [0.5, 0.6) is 0 Å². The molecule has 0 spiro atoms. The quantitative estimate of drug-likeness (QED) is 0.368. The number of hydrogen-bond donors (Lipinski definition) is 2. The van der Waals surface area contributed by atoms with E-state index in [9.17, 15) is 19.1 Å². The minimum Gasteiger partial charge on any atom is -0.390 e. The highest BCUT2D eigenvalue weighted by molar-refractivity contribution is 8.13. The highest BCUT2D eigenvalue weighted by atomic mass is 32.2. The van der Waals surface area contributed by atoms with Crippen molar-refractivity contribution in [2.24, 2.45) is 22.7 Å². The molecule has 1 heterocycles. The molecule has 9 atom stereocenters. The standard InChI is InChI=1S/C36H39F2NO5S/c1-33-14-13-26(40)17-24(33)11-12-27-28-18-30-36(32(42)45-20-37,34(28,2)19-29(41)35(27,33)38)44-31(43-30)23-9-7-21(8-10-23)15-22-5-4-6-25(16-22)39-3/h4-10,13-14,16-17,27-31,39,41H,11-12,15,18-20H2,1-3H3/t27-,28-,29-,30+,31-,33-,34-,35-,36-/m0/s1. The van der Waals surface area contributed by atoms with Crippen molar-refractivity contribution in [3.63, 3.8) is 0 Å². The predicted molar refractivity (Wildman–Crippen MR) is 169 cm³/mol. The Kier molecular flexibility index (Phi) is 7.43. The van der Waals surface area contributed by atoms with Crippen molar-refractivity contribution < 1.29 is 33.0 Å². The lowest BCUT2D eigenvalue weighted by atomic mass is 9.45. The number of carbonyl (C=O) groups excluding carboxylic acids is 2. The molecule has 6 nitrogen and oxygen atoms in total. The molecule has 238 valence electrons. The average molecular weight is 636 g/mol. The highest BCUT2D eigenvalue weighted by Crippen LogP contribution is 2.72. The number of ether oxygens (including phenoxy) is 2. The van der Waals surface area contributed by atoms with Gasteiger partial charge in [0.15, 0.2) is 23.3 Å². The molecule has 45 heavy (non-hydrogen) atoms. The summed E-state index contributed by atoms with van der Waals surface area (Å²) in [6.07, 6.45) is 3.47. The molecular formula is C36H39F2NO5S. The van der Waals surface area contributed by atoms with Crippen LogP contribution >= 0.6 is 11.8 Å². The van der Waals surface area contributed by atoms with Crippen LogP contribution in [0.15, 0.2) is 72.3 Å². The predicted octanol–water partition coefficient (Wildman–Crippen LogP) is 6.64. The van der Waals surface area contributed by atoms with Crippen molar-refractivity contribution in [1.29, 1.82) is 0 Å². The lowest BCUT2D eigenvalue weighted by Gasteiger charge is -2.62. The van der Waals surface area contributed by atoms with Crippen LogP contribution in [0.4, 0.5) is 14.5 Å². The molecule has 2 aromatic carbocycles. The van der Waals surface area contributed by atoms with E-state index >= 15 is 4.39 Å². The summed E-state index contributed by atoms with van der Waals surface area (Å²) in [4.78, 5) is 26.1. The van der Waals surface area contributed by atoms with Gasteiger partial charge in [0, 0.05) is 35.0 Å². The first-order chi connectivity index (χ1) is 21.5. The Balaban J connectivity index is 1.19. The molecule has 0 aromatic heterocycles. The molecule has 4 aliphatic carbocycles. The van der Waals surface area contributed by atoms with Crippen LogP contribution in [0, 0.1) is 22.7 Å². The third-order valence-corrected chi connectivity index (χ3v) is 12.4. The van der Waals surface area contributed by atoms with Gasteiger partial charge in [-0.2, -0.15) is 0 Å². The average Bonchev–Trinajstić information content (AvgIpc) is 3.52. The number of carbonyl (C=O) groups is 2. The number of rotatable bonds is 6. The van der Waals surface area contributed by atoms with Crippen molar-refractivity contribution >= 4 is 28.3 Å². The Bertz CT molecular complexity index is 1600. The maximum absolute atomic E-state index is 17.6. The first-order valence-electron chi connectivity index (χ1n) is 15.7. The van der Waals surface area contributed by atoms with E-state index < -0.39 is 57.6 Å². The van der Waals surface area contributed by atoms with Crippen molar-refractivity contribution in [3.05, 3.63) is 89.0 Å². The molecule has 0 bridgehead atoms. The lowest BCUT2D eigenvalue weighted by molar-refractivity contribution is -0.228.